The largest absolute Gasteiger partial charge is 0.306 e. The molecule has 0 saturated heterocycles. The van der Waals surface area contributed by atoms with E-state index in [0.717, 1.165) is 28.8 Å². The summed E-state index contributed by atoms with van der Waals surface area (Å²) in [6.45, 7) is 9.20. The summed E-state index contributed by atoms with van der Waals surface area (Å²) in [6.07, 6.45) is 2.53. The first kappa shape index (κ1) is 14.1. The maximum Gasteiger partial charge on any atom is 0.135 e. The van der Waals surface area contributed by atoms with Gasteiger partial charge in [0.05, 0.1) is 12.1 Å². The number of thiazole rings is 1. The van der Waals surface area contributed by atoms with Crippen LogP contribution < -0.4 is 5.32 Å². The van der Waals surface area contributed by atoms with E-state index in [1.165, 1.54) is 0 Å². The van der Waals surface area contributed by atoms with Crippen LogP contribution in [0.25, 0.3) is 0 Å². The van der Waals surface area contributed by atoms with E-state index in [4.69, 9.17) is 0 Å². The maximum atomic E-state index is 4.57. The van der Waals surface area contributed by atoms with E-state index in [2.05, 4.69) is 46.4 Å². The highest BCUT2D eigenvalue weighted by molar-refractivity contribution is 7.09. The van der Waals surface area contributed by atoms with Crippen molar-refractivity contribution in [2.75, 3.05) is 0 Å². The lowest BCUT2D eigenvalue weighted by molar-refractivity contribution is 0.420. The van der Waals surface area contributed by atoms with Crippen LogP contribution in [0, 0.1) is 6.92 Å². The number of aromatic nitrogens is 3. The number of nitrogens with one attached hydrogen (secondary N) is 1. The third-order valence-corrected chi connectivity index (χ3v) is 3.51. The van der Waals surface area contributed by atoms with E-state index < -0.39 is 0 Å². The fourth-order valence-corrected chi connectivity index (χ4v) is 2.37. The quantitative estimate of drug-likeness (QED) is 0.933. The lowest BCUT2D eigenvalue weighted by Crippen LogP contribution is -2.35. The predicted octanol–water partition coefficient (Wildman–Crippen LogP) is 2.72. The van der Waals surface area contributed by atoms with Gasteiger partial charge >= 0.3 is 0 Å². The van der Waals surface area contributed by atoms with Gasteiger partial charge in [-0.3, -0.25) is 0 Å². The molecule has 0 saturated carbocycles. The molecule has 19 heavy (non-hydrogen) atoms. The van der Waals surface area contributed by atoms with E-state index in [1.54, 1.807) is 11.3 Å². The van der Waals surface area contributed by atoms with Crippen molar-refractivity contribution in [3.63, 3.8) is 0 Å². The standard InChI is InChI=1S/C14H20N4S/c1-10-9-19-13(17-10)7-12-15-6-5-11(18-12)8-16-14(2,3)4/h5-6,9,16H,7-8H2,1-4H3. The molecule has 0 amide bonds. The Kier molecular flexibility index (Phi) is 4.27. The summed E-state index contributed by atoms with van der Waals surface area (Å²) in [7, 11) is 0. The van der Waals surface area contributed by atoms with Gasteiger partial charge in [0.2, 0.25) is 0 Å². The van der Waals surface area contributed by atoms with Crippen LogP contribution in [0.4, 0.5) is 0 Å². The molecule has 102 valence electrons. The van der Waals surface area contributed by atoms with Gasteiger partial charge in [-0.1, -0.05) is 0 Å². The molecule has 2 rings (SSSR count). The SMILES string of the molecule is Cc1csc(Cc2nccc(CNC(C)(C)C)n2)n1. The molecule has 0 unspecified atom stereocenters. The van der Waals surface area contributed by atoms with Gasteiger partial charge < -0.3 is 5.32 Å². The molecule has 2 heterocycles. The first-order chi connectivity index (χ1) is 8.92. The highest BCUT2D eigenvalue weighted by Crippen LogP contribution is 2.12. The molecule has 0 radical (unpaired) electrons. The van der Waals surface area contributed by atoms with Crippen LogP contribution >= 0.6 is 11.3 Å². The van der Waals surface area contributed by atoms with Gasteiger partial charge in [0.25, 0.3) is 0 Å². The lowest BCUT2D eigenvalue weighted by Gasteiger charge is -2.20. The summed E-state index contributed by atoms with van der Waals surface area (Å²) in [6, 6.07) is 1.95. The number of hydrogen-bond donors (Lipinski definition) is 1. The van der Waals surface area contributed by atoms with Crippen molar-refractivity contribution >= 4 is 11.3 Å². The van der Waals surface area contributed by atoms with E-state index in [9.17, 15) is 0 Å². The first-order valence-electron chi connectivity index (χ1n) is 6.39. The van der Waals surface area contributed by atoms with E-state index in [0.29, 0.717) is 6.42 Å². The molecule has 0 aliphatic rings. The normalized spacial score (nSPS) is 11.8. The predicted molar refractivity (Wildman–Crippen MR) is 78.3 cm³/mol. The molecule has 5 heteroatoms. The lowest BCUT2D eigenvalue weighted by atomic mass is 10.1. The minimum absolute atomic E-state index is 0.0948. The summed E-state index contributed by atoms with van der Waals surface area (Å²) >= 11 is 1.66. The average molecular weight is 276 g/mol. The van der Waals surface area contributed by atoms with Crippen LogP contribution in [0.15, 0.2) is 17.6 Å². The second-order valence-electron chi connectivity index (χ2n) is 5.63. The second kappa shape index (κ2) is 5.75. The Bertz CT molecular complexity index is 542. The smallest absolute Gasteiger partial charge is 0.135 e. The summed E-state index contributed by atoms with van der Waals surface area (Å²) in [5.74, 6) is 0.836. The third-order valence-electron chi connectivity index (χ3n) is 2.54. The highest BCUT2D eigenvalue weighted by atomic mass is 32.1. The Labute approximate surface area is 118 Å². The minimum atomic E-state index is 0.0948. The van der Waals surface area contributed by atoms with Gasteiger partial charge in [-0.2, -0.15) is 0 Å². The van der Waals surface area contributed by atoms with Gasteiger partial charge in [-0.25, -0.2) is 15.0 Å². The van der Waals surface area contributed by atoms with Gasteiger partial charge in [-0.05, 0) is 33.8 Å². The molecule has 2 aromatic heterocycles. The van der Waals surface area contributed by atoms with Gasteiger partial charge in [0, 0.05) is 29.4 Å². The summed E-state index contributed by atoms with van der Waals surface area (Å²) < 4.78 is 0. The van der Waals surface area contributed by atoms with Crippen LogP contribution in [0.2, 0.25) is 0 Å². The monoisotopic (exact) mass is 276 g/mol. The van der Waals surface area contributed by atoms with Crippen LogP contribution in [-0.2, 0) is 13.0 Å². The first-order valence-corrected chi connectivity index (χ1v) is 7.27. The Hall–Kier alpha value is -1.33. The number of aryl methyl sites for hydroxylation is 1. The van der Waals surface area contributed by atoms with E-state index in [-0.39, 0.29) is 5.54 Å². The molecule has 2 aromatic rings. The molecule has 0 aromatic carbocycles. The fraction of sp³-hybridized carbons (Fsp3) is 0.500. The molecular formula is C14H20N4S. The third kappa shape index (κ3) is 4.69. The van der Waals surface area contributed by atoms with E-state index >= 15 is 0 Å². The zero-order chi connectivity index (χ0) is 13.9. The van der Waals surface area contributed by atoms with Gasteiger partial charge in [-0.15, -0.1) is 11.3 Å². The second-order valence-corrected chi connectivity index (χ2v) is 6.57. The Balaban J connectivity index is 2.02. The molecule has 0 spiro atoms. The summed E-state index contributed by atoms with van der Waals surface area (Å²) in [5.41, 5.74) is 2.18. The number of nitrogens with zero attached hydrogens (tertiary/aromatic N) is 3. The van der Waals surface area contributed by atoms with Crippen molar-refractivity contribution in [3.8, 4) is 0 Å². The van der Waals surface area contributed by atoms with Crippen molar-refractivity contribution in [3.05, 3.63) is 39.9 Å². The minimum Gasteiger partial charge on any atom is -0.306 e. The Morgan fingerprint density at radius 1 is 1.26 bits per heavy atom. The van der Waals surface area contributed by atoms with Crippen LogP contribution in [0.1, 0.15) is 43.0 Å². The van der Waals surface area contributed by atoms with Crippen LogP contribution in [0.5, 0.6) is 0 Å². The van der Waals surface area contributed by atoms with Gasteiger partial charge in [0.15, 0.2) is 0 Å². The Morgan fingerprint density at radius 2 is 2.05 bits per heavy atom. The molecule has 1 N–H and O–H groups in total. The number of rotatable bonds is 4. The zero-order valence-corrected chi connectivity index (χ0v) is 12.7. The zero-order valence-electron chi connectivity index (χ0n) is 11.9. The van der Waals surface area contributed by atoms with Crippen LogP contribution in [0.3, 0.4) is 0 Å². The molecular weight excluding hydrogens is 256 g/mol. The van der Waals surface area contributed by atoms with Crippen LogP contribution in [-0.4, -0.2) is 20.5 Å². The van der Waals surface area contributed by atoms with Crippen molar-refractivity contribution in [1.82, 2.24) is 20.3 Å². The van der Waals surface area contributed by atoms with Gasteiger partial charge in [0.1, 0.15) is 10.8 Å². The summed E-state index contributed by atoms with van der Waals surface area (Å²) in [4.78, 5) is 13.3. The molecule has 0 fully saturated rings. The molecule has 0 atom stereocenters. The average Bonchev–Trinajstić information content (AvgIpc) is 2.72. The molecule has 0 bridgehead atoms. The summed E-state index contributed by atoms with van der Waals surface area (Å²) in [5, 5.41) is 6.55. The van der Waals surface area contributed by atoms with E-state index in [1.807, 2.05) is 19.2 Å². The highest BCUT2D eigenvalue weighted by Gasteiger charge is 2.10. The topological polar surface area (TPSA) is 50.7 Å². The Morgan fingerprint density at radius 3 is 2.68 bits per heavy atom. The van der Waals surface area contributed by atoms with Crippen molar-refractivity contribution in [2.45, 2.75) is 46.2 Å². The van der Waals surface area contributed by atoms with Crippen molar-refractivity contribution in [2.24, 2.45) is 0 Å². The number of hydrogen-bond acceptors (Lipinski definition) is 5. The molecule has 0 aliphatic heterocycles. The molecule has 0 aliphatic carbocycles. The van der Waals surface area contributed by atoms with Crippen molar-refractivity contribution in [1.29, 1.82) is 0 Å². The van der Waals surface area contributed by atoms with Crippen molar-refractivity contribution < 1.29 is 0 Å². The fourth-order valence-electron chi connectivity index (χ4n) is 1.60. The molecule has 4 nitrogen and oxygen atoms in total. The maximum absolute atomic E-state index is 4.57.